The Kier molecular flexibility index (Phi) is 5.89. The first-order valence-electron chi connectivity index (χ1n) is 10.2. The van der Waals surface area contributed by atoms with E-state index in [1.165, 1.54) is 0 Å². The lowest BCUT2D eigenvalue weighted by atomic mass is 9.79. The van der Waals surface area contributed by atoms with Crippen LogP contribution in [0.25, 0.3) is 22.4 Å². The van der Waals surface area contributed by atoms with Crippen LogP contribution in [0.15, 0.2) is 48.7 Å². The third-order valence-electron chi connectivity index (χ3n) is 5.22. The monoisotopic (exact) mass is 430 g/mol. The number of hydrogen-bond donors (Lipinski definition) is 5. The molecular formula is C22H23BN6O3. The molecule has 0 atom stereocenters. The third kappa shape index (κ3) is 4.18. The maximum atomic E-state index is 11.7. The van der Waals surface area contributed by atoms with E-state index in [-0.39, 0.29) is 5.92 Å². The highest BCUT2D eigenvalue weighted by Crippen LogP contribution is 2.29. The quantitative estimate of drug-likeness (QED) is 0.279. The van der Waals surface area contributed by atoms with Crippen LogP contribution in [0, 0.1) is 0 Å². The van der Waals surface area contributed by atoms with Gasteiger partial charge in [0, 0.05) is 23.7 Å². The molecule has 0 fully saturated rings. The first-order chi connectivity index (χ1) is 15.3. The molecule has 0 aliphatic carbocycles. The number of rotatable bonds is 7. The van der Waals surface area contributed by atoms with E-state index >= 15 is 0 Å². The topological polar surface area (TPSA) is 150 Å². The number of nitrogens with zero attached hydrogens (tertiary/aromatic N) is 3. The van der Waals surface area contributed by atoms with E-state index < -0.39 is 13.0 Å². The standard InChI is InChI=1S/C22H23BN6O3/c1-12(2)17-11-26-22(19-15-7-4-8-16(20(24)30)18(15)28-29-19)27-21(17)25-10-13-5-3-6-14(9-13)23(31)32/h3-9,11-12,31-32H,10H2,1-2H3,(H2,24,30)(H,28,29)(H,25,26,27). The summed E-state index contributed by atoms with van der Waals surface area (Å²) in [4.78, 5) is 20.9. The van der Waals surface area contributed by atoms with Crippen molar-refractivity contribution in [1.29, 1.82) is 0 Å². The number of nitrogens with one attached hydrogen (secondary N) is 2. The van der Waals surface area contributed by atoms with Gasteiger partial charge >= 0.3 is 7.12 Å². The van der Waals surface area contributed by atoms with Crippen molar-refractivity contribution in [3.05, 3.63) is 65.4 Å². The number of nitrogens with two attached hydrogens (primary N) is 1. The number of anilines is 1. The Morgan fingerprint density at radius 1 is 1.22 bits per heavy atom. The molecule has 0 bridgehead atoms. The van der Waals surface area contributed by atoms with E-state index in [0.29, 0.717) is 45.8 Å². The Balaban J connectivity index is 1.70. The zero-order valence-electron chi connectivity index (χ0n) is 17.7. The van der Waals surface area contributed by atoms with E-state index in [1.54, 1.807) is 36.5 Å². The fourth-order valence-corrected chi connectivity index (χ4v) is 3.54. The number of aromatic nitrogens is 4. The first-order valence-corrected chi connectivity index (χ1v) is 10.2. The van der Waals surface area contributed by atoms with E-state index in [2.05, 4.69) is 34.3 Å². The number of para-hydroxylation sites is 1. The Labute approximate surface area is 184 Å². The van der Waals surface area contributed by atoms with Gasteiger partial charge in [0.2, 0.25) is 0 Å². The fraction of sp³-hybridized carbons (Fsp3) is 0.182. The van der Waals surface area contributed by atoms with Crippen molar-refractivity contribution < 1.29 is 14.8 Å². The van der Waals surface area contributed by atoms with Crippen molar-refractivity contribution >= 4 is 35.2 Å². The molecule has 162 valence electrons. The molecule has 0 unspecified atom stereocenters. The second-order valence-electron chi connectivity index (χ2n) is 7.79. The third-order valence-corrected chi connectivity index (χ3v) is 5.22. The van der Waals surface area contributed by atoms with Gasteiger partial charge in [0.05, 0.1) is 11.1 Å². The number of fused-ring (bicyclic) bond motifs is 1. The molecule has 0 aliphatic heterocycles. The van der Waals surface area contributed by atoms with Crippen LogP contribution in [0.3, 0.4) is 0 Å². The van der Waals surface area contributed by atoms with E-state index in [9.17, 15) is 14.8 Å². The van der Waals surface area contributed by atoms with E-state index in [1.807, 2.05) is 12.1 Å². The lowest BCUT2D eigenvalue weighted by molar-refractivity contribution is 0.100. The SMILES string of the molecule is CC(C)c1cnc(-c2n[nH]c3c(C(N)=O)cccc23)nc1NCc1cccc(B(O)O)c1. The normalized spacial score (nSPS) is 11.2. The number of H-pyrrole nitrogens is 1. The molecule has 0 aliphatic rings. The average Bonchev–Trinajstić information content (AvgIpc) is 3.21. The van der Waals surface area contributed by atoms with Gasteiger partial charge in [0.25, 0.3) is 5.91 Å². The number of aromatic amines is 1. The van der Waals surface area contributed by atoms with Crippen molar-refractivity contribution in [3.8, 4) is 11.5 Å². The number of carbonyl (C=O) groups is 1. The number of primary amides is 1. The van der Waals surface area contributed by atoms with Crippen LogP contribution >= 0.6 is 0 Å². The van der Waals surface area contributed by atoms with Crippen LogP contribution in [-0.4, -0.2) is 43.2 Å². The molecule has 2 heterocycles. The molecule has 32 heavy (non-hydrogen) atoms. The molecule has 1 amide bonds. The minimum absolute atomic E-state index is 0.176. The molecule has 9 nitrogen and oxygen atoms in total. The second-order valence-corrected chi connectivity index (χ2v) is 7.79. The van der Waals surface area contributed by atoms with Crippen LogP contribution in [0.1, 0.15) is 41.3 Å². The van der Waals surface area contributed by atoms with Crippen LogP contribution in [0.5, 0.6) is 0 Å². The van der Waals surface area contributed by atoms with Crippen molar-refractivity contribution in [2.24, 2.45) is 5.73 Å². The Morgan fingerprint density at radius 2 is 2.00 bits per heavy atom. The van der Waals surface area contributed by atoms with Gasteiger partial charge in [-0.15, -0.1) is 0 Å². The maximum absolute atomic E-state index is 11.7. The summed E-state index contributed by atoms with van der Waals surface area (Å²) in [5, 5.41) is 30.1. The summed E-state index contributed by atoms with van der Waals surface area (Å²) in [6, 6.07) is 12.3. The summed E-state index contributed by atoms with van der Waals surface area (Å²) >= 11 is 0. The van der Waals surface area contributed by atoms with Crippen LogP contribution in [0.4, 0.5) is 5.82 Å². The summed E-state index contributed by atoms with van der Waals surface area (Å²) in [5.41, 5.74) is 9.12. The lowest BCUT2D eigenvalue weighted by Crippen LogP contribution is -2.30. The van der Waals surface area contributed by atoms with E-state index in [0.717, 1.165) is 11.1 Å². The summed E-state index contributed by atoms with van der Waals surface area (Å²) in [6.07, 6.45) is 1.77. The number of amides is 1. The molecule has 2 aromatic heterocycles. The van der Waals surface area contributed by atoms with Gasteiger partial charge in [-0.3, -0.25) is 9.89 Å². The molecule has 4 aromatic rings. The Hall–Kier alpha value is -3.76. The Morgan fingerprint density at radius 3 is 2.72 bits per heavy atom. The highest BCUT2D eigenvalue weighted by Gasteiger charge is 2.18. The first kappa shape index (κ1) is 21.5. The van der Waals surface area contributed by atoms with Gasteiger partial charge < -0.3 is 21.1 Å². The molecule has 6 N–H and O–H groups in total. The highest BCUT2D eigenvalue weighted by molar-refractivity contribution is 6.58. The zero-order valence-corrected chi connectivity index (χ0v) is 17.7. The summed E-state index contributed by atoms with van der Waals surface area (Å²) in [5.74, 6) is 0.695. The van der Waals surface area contributed by atoms with E-state index in [4.69, 9.17) is 10.7 Å². The van der Waals surface area contributed by atoms with Gasteiger partial charge in [-0.25, -0.2) is 9.97 Å². The van der Waals surface area contributed by atoms with Crippen molar-refractivity contribution in [2.75, 3.05) is 5.32 Å². The largest absolute Gasteiger partial charge is 0.488 e. The summed E-state index contributed by atoms with van der Waals surface area (Å²) < 4.78 is 0. The minimum Gasteiger partial charge on any atom is -0.423 e. The Bertz CT molecular complexity index is 1290. The molecule has 0 saturated heterocycles. The predicted molar refractivity (Wildman–Crippen MR) is 123 cm³/mol. The molecule has 0 saturated carbocycles. The lowest BCUT2D eigenvalue weighted by Gasteiger charge is -2.14. The van der Waals surface area contributed by atoms with Gasteiger partial charge in [0.1, 0.15) is 11.5 Å². The zero-order chi connectivity index (χ0) is 22.8. The number of benzene rings is 2. The summed E-state index contributed by atoms with van der Waals surface area (Å²) in [7, 11) is -1.52. The van der Waals surface area contributed by atoms with Gasteiger partial charge in [0.15, 0.2) is 5.82 Å². The molecule has 2 aromatic carbocycles. The van der Waals surface area contributed by atoms with Gasteiger partial charge in [-0.1, -0.05) is 50.2 Å². The molecule has 0 radical (unpaired) electrons. The van der Waals surface area contributed by atoms with Crippen LogP contribution in [0.2, 0.25) is 0 Å². The average molecular weight is 430 g/mol. The number of hydrogen-bond acceptors (Lipinski definition) is 7. The molecule has 10 heteroatoms. The van der Waals surface area contributed by atoms with Crippen molar-refractivity contribution in [3.63, 3.8) is 0 Å². The smallest absolute Gasteiger partial charge is 0.423 e. The molecule has 4 rings (SSSR count). The maximum Gasteiger partial charge on any atom is 0.488 e. The predicted octanol–water partition coefficient (Wildman–Crippen LogP) is 1.53. The summed E-state index contributed by atoms with van der Waals surface area (Å²) in [6.45, 7) is 4.54. The molecular weight excluding hydrogens is 407 g/mol. The van der Waals surface area contributed by atoms with Gasteiger partial charge in [-0.05, 0) is 23.0 Å². The van der Waals surface area contributed by atoms with Crippen molar-refractivity contribution in [1.82, 2.24) is 20.2 Å². The minimum atomic E-state index is -1.52. The highest BCUT2D eigenvalue weighted by atomic mass is 16.4. The number of carbonyl (C=O) groups excluding carboxylic acids is 1. The van der Waals surface area contributed by atoms with Crippen LogP contribution < -0.4 is 16.5 Å². The fourth-order valence-electron chi connectivity index (χ4n) is 3.54. The van der Waals surface area contributed by atoms with Crippen LogP contribution in [-0.2, 0) is 6.54 Å². The van der Waals surface area contributed by atoms with Gasteiger partial charge in [-0.2, -0.15) is 5.10 Å². The second kappa shape index (κ2) is 8.78. The molecule has 0 spiro atoms. The van der Waals surface area contributed by atoms with Crippen molar-refractivity contribution in [2.45, 2.75) is 26.3 Å².